The lowest BCUT2D eigenvalue weighted by atomic mass is 9.90. The van der Waals surface area contributed by atoms with Gasteiger partial charge in [-0.25, -0.2) is 0 Å². The Balaban J connectivity index is 2.21. The molecule has 0 aromatic heterocycles. The van der Waals surface area contributed by atoms with Crippen LogP contribution in [0.5, 0.6) is 0 Å². The molecule has 1 aliphatic heterocycles. The van der Waals surface area contributed by atoms with Crippen molar-refractivity contribution >= 4 is 23.5 Å². The van der Waals surface area contributed by atoms with Crippen molar-refractivity contribution in [3.05, 3.63) is 29.8 Å². The van der Waals surface area contributed by atoms with E-state index in [-0.39, 0.29) is 25.7 Å². The molecule has 0 unspecified atom stereocenters. The summed E-state index contributed by atoms with van der Waals surface area (Å²) in [7, 11) is 0. The third-order valence-corrected chi connectivity index (χ3v) is 3.60. The lowest BCUT2D eigenvalue weighted by Gasteiger charge is -2.25. The number of aryl methyl sites for hydroxylation is 1. The van der Waals surface area contributed by atoms with E-state index in [0.717, 1.165) is 11.3 Å². The summed E-state index contributed by atoms with van der Waals surface area (Å²) >= 11 is 0. The van der Waals surface area contributed by atoms with E-state index in [1.54, 1.807) is 5.01 Å². The van der Waals surface area contributed by atoms with E-state index in [4.69, 9.17) is 9.47 Å². The largest absolute Gasteiger partial charge is 0.465 e. The Labute approximate surface area is 134 Å². The van der Waals surface area contributed by atoms with Crippen LogP contribution in [-0.4, -0.2) is 37.6 Å². The Morgan fingerprint density at radius 1 is 1.22 bits per heavy atom. The second-order valence-electron chi connectivity index (χ2n) is 5.71. The van der Waals surface area contributed by atoms with Crippen molar-refractivity contribution in [2.45, 2.75) is 20.8 Å². The number of hydrazine groups is 1. The zero-order chi connectivity index (χ0) is 17.0. The second-order valence-corrected chi connectivity index (χ2v) is 5.71. The van der Waals surface area contributed by atoms with Gasteiger partial charge in [0.25, 0.3) is 5.91 Å². The fourth-order valence-corrected chi connectivity index (χ4v) is 2.35. The molecule has 0 radical (unpaired) electrons. The first-order valence-corrected chi connectivity index (χ1v) is 7.24. The van der Waals surface area contributed by atoms with Crippen molar-refractivity contribution in [1.29, 1.82) is 0 Å². The number of ether oxygens (including phenoxy) is 2. The topological polar surface area (TPSA) is 84.9 Å². The second kappa shape index (κ2) is 6.68. The summed E-state index contributed by atoms with van der Waals surface area (Å²) < 4.78 is 10.0. The predicted molar refractivity (Wildman–Crippen MR) is 82.4 cm³/mol. The molecule has 7 heteroatoms. The number of anilines is 1. The van der Waals surface area contributed by atoms with Gasteiger partial charge in [0.2, 0.25) is 0 Å². The zero-order valence-electron chi connectivity index (χ0n) is 13.4. The molecule has 1 fully saturated rings. The molecular weight excluding hydrogens is 300 g/mol. The third kappa shape index (κ3) is 4.00. The van der Waals surface area contributed by atoms with Crippen LogP contribution in [0.3, 0.4) is 0 Å². The van der Waals surface area contributed by atoms with Crippen LogP contribution in [0.1, 0.15) is 19.4 Å². The van der Waals surface area contributed by atoms with Crippen LogP contribution in [0.2, 0.25) is 0 Å². The number of carbonyl (C=O) groups excluding carboxylic acids is 3. The molecule has 1 aromatic carbocycles. The molecule has 1 amide bonds. The van der Waals surface area contributed by atoms with Gasteiger partial charge in [-0.05, 0) is 24.6 Å². The number of amides is 1. The number of esters is 2. The summed E-state index contributed by atoms with van der Waals surface area (Å²) in [4.78, 5) is 34.7. The van der Waals surface area contributed by atoms with Gasteiger partial charge < -0.3 is 9.47 Å². The van der Waals surface area contributed by atoms with Crippen LogP contribution in [0, 0.1) is 12.3 Å². The van der Waals surface area contributed by atoms with E-state index < -0.39 is 17.4 Å². The summed E-state index contributed by atoms with van der Waals surface area (Å²) in [6.07, 6.45) is 0. The highest BCUT2D eigenvalue weighted by molar-refractivity contribution is 5.89. The van der Waals surface area contributed by atoms with Gasteiger partial charge in [0.05, 0.1) is 12.2 Å². The third-order valence-electron chi connectivity index (χ3n) is 3.60. The Morgan fingerprint density at radius 2 is 1.83 bits per heavy atom. The van der Waals surface area contributed by atoms with Crippen molar-refractivity contribution in [1.82, 2.24) is 5.43 Å². The standard InChI is InChI=1S/C16H20N2O5/c1-11-5-4-6-14(7-11)18-8-16(15(21)17-18,9-22-12(2)19)10-23-13(3)20/h4-7H,8-10H2,1-3H3,(H,17,21). The van der Waals surface area contributed by atoms with Gasteiger partial charge in [-0.3, -0.25) is 24.8 Å². The molecule has 0 saturated carbocycles. The highest BCUT2D eigenvalue weighted by Crippen LogP contribution is 2.29. The van der Waals surface area contributed by atoms with E-state index in [0.29, 0.717) is 0 Å². The van der Waals surface area contributed by atoms with Crippen molar-refractivity contribution in [3.8, 4) is 0 Å². The molecule has 1 heterocycles. The molecule has 1 N–H and O–H groups in total. The number of hydrogen-bond acceptors (Lipinski definition) is 6. The lowest BCUT2D eigenvalue weighted by molar-refractivity contribution is -0.154. The van der Waals surface area contributed by atoms with Gasteiger partial charge in [0, 0.05) is 13.8 Å². The molecule has 1 saturated heterocycles. The molecule has 23 heavy (non-hydrogen) atoms. The van der Waals surface area contributed by atoms with Crippen LogP contribution in [0.15, 0.2) is 24.3 Å². The maximum absolute atomic E-state index is 12.5. The predicted octanol–water partition coefficient (Wildman–Crippen LogP) is 0.959. The number of nitrogens with one attached hydrogen (secondary N) is 1. The summed E-state index contributed by atoms with van der Waals surface area (Å²) in [5.41, 5.74) is 3.48. The van der Waals surface area contributed by atoms with Crippen LogP contribution in [-0.2, 0) is 23.9 Å². The molecule has 7 nitrogen and oxygen atoms in total. The van der Waals surface area contributed by atoms with Crippen LogP contribution in [0.25, 0.3) is 0 Å². The highest BCUT2D eigenvalue weighted by Gasteiger charge is 2.49. The van der Waals surface area contributed by atoms with E-state index >= 15 is 0 Å². The number of carbonyl (C=O) groups is 3. The van der Waals surface area contributed by atoms with Crippen molar-refractivity contribution < 1.29 is 23.9 Å². The molecule has 0 atom stereocenters. The molecule has 1 aliphatic rings. The molecule has 1 aromatic rings. The average molecular weight is 320 g/mol. The Kier molecular flexibility index (Phi) is 4.88. The quantitative estimate of drug-likeness (QED) is 0.814. The summed E-state index contributed by atoms with van der Waals surface area (Å²) in [5.74, 6) is -1.33. The summed E-state index contributed by atoms with van der Waals surface area (Å²) in [6.45, 7) is 4.42. The molecule has 2 rings (SSSR count). The smallest absolute Gasteiger partial charge is 0.302 e. The van der Waals surface area contributed by atoms with Gasteiger partial charge in [-0.2, -0.15) is 0 Å². The van der Waals surface area contributed by atoms with Crippen molar-refractivity contribution in [3.63, 3.8) is 0 Å². The Hall–Kier alpha value is -2.57. The molecule has 124 valence electrons. The van der Waals surface area contributed by atoms with E-state index in [1.165, 1.54) is 13.8 Å². The first-order valence-electron chi connectivity index (χ1n) is 7.24. The maximum atomic E-state index is 12.5. The van der Waals surface area contributed by atoms with Gasteiger partial charge in [-0.1, -0.05) is 12.1 Å². The lowest BCUT2D eigenvalue weighted by Crippen LogP contribution is -2.42. The minimum absolute atomic E-state index is 0.149. The SMILES string of the molecule is CC(=O)OCC1(COC(C)=O)CN(c2cccc(C)c2)NC1=O. The van der Waals surface area contributed by atoms with E-state index in [2.05, 4.69) is 5.43 Å². The highest BCUT2D eigenvalue weighted by atomic mass is 16.5. The monoisotopic (exact) mass is 320 g/mol. The number of rotatable bonds is 5. The Bertz CT molecular complexity index is 611. The number of hydrogen-bond donors (Lipinski definition) is 1. The number of benzene rings is 1. The van der Waals surface area contributed by atoms with Gasteiger partial charge in [0.15, 0.2) is 0 Å². The normalized spacial score (nSPS) is 16.0. The fraction of sp³-hybridized carbons (Fsp3) is 0.438. The van der Waals surface area contributed by atoms with Gasteiger partial charge in [0.1, 0.15) is 18.6 Å². The molecule has 0 spiro atoms. The zero-order valence-corrected chi connectivity index (χ0v) is 13.4. The average Bonchev–Trinajstić information content (AvgIpc) is 2.81. The van der Waals surface area contributed by atoms with Crippen LogP contribution < -0.4 is 10.4 Å². The molecular formula is C16H20N2O5. The fourth-order valence-electron chi connectivity index (χ4n) is 2.35. The number of nitrogens with zero attached hydrogens (tertiary/aromatic N) is 1. The molecule has 0 bridgehead atoms. The maximum Gasteiger partial charge on any atom is 0.302 e. The minimum atomic E-state index is -1.12. The van der Waals surface area contributed by atoms with E-state index in [1.807, 2.05) is 31.2 Å². The Morgan fingerprint density at radius 3 is 2.35 bits per heavy atom. The van der Waals surface area contributed by atoms with E-state index in [9.17, 15) is 14.4 Å². The van der Waals surface area contributed by atoms with Crippen molar-refractivity contribution in [2.24, 2.45) is 5.41 Å². The van der Waals surface area contributed by atoms with Crippen molar-refractivity contribution in [2.75, 3.05) is 24.8 Å². The first kappa shape index (κ1) is 16.8. The minimum Gasteiger partial charge on any atom is -0.465 e. The van der Waals surface area contributed by atoms with Crippen LogP contribution in [0.4, 0.5) is 5.69 Å². The first-order chi connectivity index (χ1) is 10.8. The summed E-state index contributed by atoms with van der Waals surface area (Å²) in [5, 5.41) is 1.67. The van der Waals surface area contributed by atoms with Crippen LogP contribution >= 0.6 is 0 Å². The van der Waals surface area contributed by atoms with Gasteiger partial charge >= 0.3 is 11.9 Å². The summed E-state index contributed by atoms with van der Waals surface area (Å²) in [6, 6.07) is 7.62. The van der Waals surface area contributed by atoms with Gasteiger partial charge in [-0.15, -0.1) is 0 Å². The molecule has 0 aliphatic carbocycles.